The fraction of sp³-hybridized carbons (Fsp3) is 0.0588. The van der Waals surface area contributed by atoms with Crippen LogP contribution in [0.5, 0.6) is 5.75 Å². The summed E-state index contributed by atoms with van der Waals surface area (Å²) >= 11 is 1.59. The Kier molecular flexibility index (Phi) is 4.54. The van der Waals surface area contributed by atoms with Gasteiger partial charge in [0, 0.05) is 11.8 Å². The first-order chi connectivity index (χ1) is 11.3. The zero-order valence-electron chi connectivity index (χ0n) is 12.3. The summed E-state index contributed by atoms with van der Waals surface area (Å²) in [4.78, 5) is 13.3. The van der Waals surface area contributed by atoms with Gasteiger partial charge in [0.1, 0.15) is 12.4 Å². The Morgan fingerprint density at radius 2 is 2.26 bits per heavy atom. The quantitative estimate of drug-likeness (QED) is 0.674. The lowest BCUT2D eigenvalue weighted by Crippen LogP contribution is -2.12. The lowest BCUT2D eigenvalue weighted by molar-refractivity contribution is 0.102. The Morgan fingerprint density at radius 3 is 3.04 bits per heavy atom. The van der Waals surface area contributed by atoms with Gasteiger partial charge in [-0.3, -0.25) is 9.89 Å². The van der Waals surface area contributed by atoms with Gasteiger partial charge < -0.3 is 10.1 Å². The van der Waals surface area contributed by atoms with Gasteiger partial charge in [-0.1, -0.05) is 24.8 Å². The molecule has 0 aliphatic rings. The minimum absolute atomic E-state index is 0.273. The number of aromatic amines is 1. The molecule has 0 aliphatic carbocycles. The fourth-order valence-electron chi connectivity index (χ4n) is 2.01. The normalized spacial score (nSPS) is 10.3. The van der Waals surface area contributed by atoms with Gasteiger partial charge in [0.25, 0.3) is 5.91 Å². The van der Waals surface area contributed by atoms with E-state index in [0.717, 1.165) is 10.6 Å². The Morgan fingerprint density at radius 1 is 1.35 bits per heavy atom. The third-order valence-electron chi connectivity index (χ3n) is 3.06. The van der Waals surface area contributed by atoms with Gasteiger partial charge in [0.05, 0.1) is 10.6 Å². The number of benzene rings is 1. The van der Waals surface area contributed by atoms with Gasteiger partial charge >= 0.3 is 0 Å². The van der Waals surface area contributed by atoms with E-state index in [4.69, 9.17) is 4.74 Å². The lowest BCUT2D eigenvalue weighted by atomic mass is 10.2. The smallest absolute Gasteiger partial charge is 0.276 e. The second kappa shape index (κ2) is 6.93. The van der Waals surface area contributed by atoms with E-state index in [1.165, 1.54) is 0 Å². The van der Waals surface area contributed by atoms with Crippen LogP contribution in [0.25, 0.3) is 10.6 Å². The maximum Gasteiger partial charge on any atom is 0.276 e. The SMILES string of the molecule is C=CCOc1cccc(NC(=O)c2cc(-c3cccs3)[nH]n2)c1. The summed E-state index contributed by atoms with van der Waals surface area (Å²) in [5.74, 6) is 0.397. The van der Waals surface area contributed by atoms with E-state index in [1.54, 1.807) is 35.6 Å². The van der Waals surface area contributed by atoms with Gasteiger partial charge in [-0.2, -0.15) is 5.10 Å². The van der Waals surface area contributed by atoms with Crippen LogP contribution in [0.15, 0.2) is 60.5 Å². The molecule has 23 heavy (non-hydrogen) atoms. The van der Waals surface area contributed by atoms with Crippen LogP contribution in [0, 0.1) is 0 Å². The number of carbonyl (C=O) groups is 1. The molecule has 0 atom stereocenters. The van der Waals surface area contributed by atoms with Gasteiger partial charge in [-0.15, -0.1) is 11.3 Å². The van der Waals surface area contributed by atoms with Crippen molar-refractivity contribution >= 4 is 22.9 Å². The Labute approximate surface area is 137 Å². The molecule has 1 aromatic carbocycles. The first-order valence-electron chi connectivity index (χ1n) is 7.00. The van der Waals surface area contributed by atoms with Gasteiger partial charge in [-0.25, -0.2) is 0 Å². The Hall–Kier alpha value is -2.86. The summed E-state index contributed by atoms with van der Waals surface area (Å²) in [7, 11) is 0. The molecule has 0 bridgehead atoms. The number of hydrogen-bond donors (Lipinski definition) is 2. The first kappa shape index (κ1) is 15.1. The van der Waals surface area contributed by atoms with Crippen LogP contribution in [-0.4, -0.2) is 22.7 Å². The molecule has 2 heterocycles. The van der Waals surface area contributed by atoms with Crippen molar-refractivity contribution in [3.05, 3.63) is 66.2 Å². The molecule has 3 aromatic rings. The average Bonchev–Trinajstić information content (AvgIpc) is 3.24. The van der Waals surface area contributed by atoms with Crippen molar-refractivity contribution in [1.29, 1.82) is 0 Å². The van der Waals surface area contributed by atoms with E-state index in [9.17, 15) is 4.79 Å². The minimum atomic E-state index is -0.273. The number of aromatic nitrogens is 2. The van der Waals surface area contributed by atoms with Crippen LogP contribution in [-0.2, 0) is 0 Å². The maximum atomic E-state index is 12.3. The van der Waals surface area contributed by atoms with E-state index >= 15 is 0 Å². The Bertz CT molecular complexity index is 809. The van der Waals surface area contributed by atoms with Crippen LogP contribution in [0.2, 0.25) is 0 Å². The van der Waals surface area contributed by atoms with Crippen molar-refractivity contribution in [2.75, 3.05) is 11.9 Å². The third-order valence-corrected chi connectivity index (χ3v) is 3.96. The van der Waals surface area contributed by atoms with Gasteiger partial charge in [0.2, 0.25) is 0 Å². The molecule has 1 amide bonds. The standard InChI is InChI=1S/C17H15N3O2S/c1-2-8-22-13-6-3-5-12(10-13)18-17(21)15-11-14(19-20-15)16-7-4-9-23-16/h2-7,9-11H,1,8H2,(H,18,21)(H,19,20). The van der Waals surface area contributed by atoms with Crippen molar-refractivity contribution in [3.8, 4) is 16.3 Å². The molecule has 6 heteroatoms. The molecule has 2 N–H and O–H groups in total. The van der Waals surface area contributed by atoms with Crippen LogP contribution in [0.3, 0.4) is 0 Å². The summed E-state index contributed by atoms with van der Waals surface area (Å²) in [5.41, 5.74) is 1.82. The topological polar surface area (TPSA) is 67.0 Å². The van der Waals surface area contributed by atoms with Crippen LogP contribution in [0.4, 0.5) is 5.69 Å². The number of nitrogens with zero attached hydrogens (tertiary/aromatic N) is 1. The zero-order chi connectivity index (χ0) is 16.1. The highest BCUT2D eigenvalue weighted by Gasteiger charge is 2.12. The summed E-state index contributed by atoms with van der Waals surface area (Å²) in [6.07, 6.45) is 1.67. The molecule has 0 aliphatic heterocycles. The molecule has 0 spiro atoms. The van der Waals surface area contributed by atoms with Crippen LogP contribution < -0.4 is 10.1 Å². The largest absolute Gasteiger partial charge is 0.489 e. The van der Waals surface area contributed by atoms with E-state index in [0.29, 0.717) is 23.7 Å². The highest BCUT2D eigenvalue weighted by atomic mass is 32.1. The van der Waals surface area contributed by atoms with Gasteiger partial charge in [-0.05, 0) is 29.6 Å². The molecule has 116 valence electrons. The first-order valence-corrected chi connectivity index (χ1v) is 7.88. The highest BCUT2D eigenvalue weighted by molar-refractivity contribution is 7.13. The van der Waals surface area contributed by atoms with E-state index in [-0.39, 0.29) is 5.91 Å². The molecule has 0 fully saturated rings. The average molecular weight is 325 g/mol. The monoisotopic (exact) mass is 325 g/mol. The van der Waals surface area contributed by atoms with Crippen molar-refractivity contribution in [2.24, 2.45) is 0 Å². The van der Waals surface area contributed by atoms with Crippen molar-refractivity contribution in [1.82, 2.24) is 10.2 Å². The summed E-state index contributed by atoms with van der Waals surface area (Å²) < 4.78 is 5.45. The molecule has 3 rings (SSSR count). The van der Waals surface area contributed by atoms with Crippen molar-refractivity contribution in [3.63, 3.8) is 0 Å². The van der Waals surface area contributed by atoms with E-state index in [2.05, 4.69) is 22.1 Å². The zero-order valence-corrected chi connectivity index (χ0v) is 13.1. The van der Waals surface area contributed by atoms with Crippen molar-refractivity contribution in [2.45, 2.75) is 0 Å². The molecule has 0 radical (unpaired) electrons. The second-order valence-corrected chi connectivity index (χ2v) is 5.67. The molecule has 0 saturated heterocycles. The number of amides is 1. The predicted molar refractivity (Wildman–Crippen MR) is 92.0 cm³/mol. The van der Waals surface area contributed by atoms with Crippen LogP contribution >= 0.6 is 11.3 Å². The Balaban J connectivity index is 1.70. The summed E-state index contributed by atoms with van der Waals surface area (Å²) in [6.45, 7) is 4.02. The molecule has 5 nitrogen and oxygen atoms in total. The third kappa shape index (κ3) is 3.67. The number of thiophene rings is 1. The predicted octanol–water partition coefficient (Wildman–Crippen LogP) is 3.96. The molecule has 2 aromatic heterocycles. The fourth-order valence-corrected chi connectivity index (χ4v) is 2.70. The molecule has 0 saturated carbocycles. The number of H-pyrrole nitrogens is 1. The summed E-state index contributed by atoms with van der Waals surface area (Å²) in [5, 5.41) is 11.7. The number of carbonyl (C=O) groups excluding carboxylic acids is 1. The highest BCUT2D eigenvalue weighted by Crippen LogP contribution is 2.23. The number of ether oxygens (including phenoxy) is 1. The second-order valence-electron chi connectivity index (χ2n) is 4.73. The van der Waals surface area contributed by atoms with Gasteiger partial charge in [0.15, 0.2) is 5.69 Å². The number of anilines is 1. The lowest BCUT2D eigenvalue weighted by Gasteiger charge is -2.06. The number of rotatable bonds is 6. The molecule has 0 unspecified atom stereocenters. The minimum Gasteiger partial charge on any atom is -0.489 e. The molecular formula is C17H15N3O2S. The van der Waals surface area contributed by atoms with E-state index < -0.39 is 0 Å². The van der Waals surface area contributed by atoms with Crippen molar-refractivity contribution < 1.29 is 9.53 Å². The molecular weight excluding hydrogens is 310 g/mol. The summed E-state index contributed by atoms with van der Waals surface area (Å²) in [6, 6.07) is 12.9. The van der Waals surface area contributed by atoms with E-state index in [1.807, 2.05) is 29.6 Å². The maximum absolute atomic E-state index is 12.3. The number of nitrogens with one attached hydrogen (secondary N) is 2. The number of hydrogen-bond acceptors (Lipinski definition) is 4. The van der Waals surface area contributed by atoms with Crippen LogP contribution in [0.1, 0.15) is 10.5 Å².